The molecule has 0 radical (unpaired) electrons. The van der Waals surface area contributed by atoms with Crippen LogP contribution in [0, 0.1) is 23.5 Å². The molecule has 0 spiro atoms. The van der Waals surface area contributed by atoms with Crippen LogP contribution in [-0.4, -0.2) is 6.88 Å². The van der Waals surface area contributed by atoms with E-state index in [1.165, 1.54) is 53.1 Å². The Labute approximate surface area is 223 Å². The first-order chi connectivity index (χ1) is 17.4. The zero-order valence-electron chi connectivity index (χ0n) is 24.1. The SMILES string of the molecule is CC1=CC(C(C)C)=[C]([Zr]([CH3])([CH3])(=[SiH2])([O]c2ccc(F)cc2)([O]c2ccc(F)cc2)[C]2=C(C(C)C)C=C(C)C2)C1. The van der Waals surface area contributed by atoms with Crippen LogP contribution in [0.15, 0.2) is 89.5 Å². The van der Waals surface area contributed by atoms with Gasteiger partial charge in [0.05, 0.1) is 0 Å². The molecule has 0 aromatic heterocycles. The van der Waals surface area contributed by atoms with E-state index >= 15 is 0 Å². The fourth-order valence-electron chi connectivity index (χ4n) is 6.90. The molecule has 0 heterocycles. The molecule has 38 heavy (non-hydrogen) atoms. The number of halogens is 2. The van der Waals surface area contributed by atoms with Gasteiger partial charge in [-0.2, -0.15) is 0 Å². The first-order valence-electron chi connectivity index (χ1n) is 13.6. The number of hydrogen-bond donors (Lipinski definition) is 0. The molecule has 0 aliphatic heterocycles. The van der Waals surface area contributed by atoms with Crippen molar-refractivity contribution in [3.05, 3.63) is 101 Å². The summed E-state index contributed by atoms with van der Waals surface area (Å²) in [7, 11) is 0. The van der Waals surface area contributed by atoms with Gasteiger partial charge in [0.1, 0.15) is 0 Å². The molecule has 0 bridgehead atoms. The topological polar surface area (TPSA) is 18.5 Å². The summed E-state index contributed by atoms with van der Waals surface area (Å²) in [5, 5.41) is 0. The molecule has 2 aromatic rings. The molecule has 2 aromatic carbocycles. The first-order valence-corrected chi connectivity index (χ1v) is 28.9. The molecule has 2 aliphatic rings. The van der Waals surface area contributed by atoms with Crippen molar-refractivity contribution < 1.29 is 29.7 Å². The molecule has 0 saturated carbocycles. The molecule has 0 unspecified atom stereocenters. The molecule has 2 aliphatic carbocycles. The quantitative estimate of drug-likeness (QED) is 0.276. The summed E-state index contributed by atoms with van der Waals surface area (Å²) in [5.41, 5.74) is 4.98. The molecule has 0 saturated heterocycles. The summed E-state index contributed by atoms with van der Waals surface area (Å²) < 4.78 is 50.3. The second-order valence-electron chi connectivity index (χ2n) is 13.9. The van der Waals surface area contributed by atoms with E-state index < -0.39 is 15.3 Å². The second kappa shape index (κ2) is 8.48. The third-order valence-electron chi connectivity index (χ3n) is 8.79. The van der Waals surface area contributed by atoms with Crippen LogP contribution in [-0.2, 0) is 15.3 Å². The van der Waals surface area contributed by atoms with Crippen LogP contribution in [0.4, 0.5) is 8.78 Å². The standard InChI is InChI=1S/2C9H13.2C6H5FO.2CH3.H2Si.Zr/c2*1-7(2)9-5-4-8(3)6-9;2*7-5-1-3-6(8)4-2-5;;;;/h2*6-7H,4H2,1-3H3;2*1-4,8H;2*1H3;1H2;/q;;;;;;;+2/p-2. The van der Waals surface area contributed by atoms with Gasteiger partial charge in [-0.05, 0) is 0 Å². The van der Waals surface area contributed by atoms with Crippen LogP contribution in [0.2, 0.25) is 9.26 Å². The van der Waals surface area contributed by atoms with Crippen LogP contribution < -0.4 is 5.63 Å². The molecular weight excluding hydrogens is 574 g/mol. The molecule has 0 amide bonds. The molecule has 0 N–H and O–H groups in total. The molecule has 204 valence electrons. The van der Waals surface area contributed by atoms with E-state index in [1.807, 2.05) is 6.88 Å². The fourth-order valence-corrected chi connectivity index (χ4v) is 32.8. The molecular formula is C32H42F2O2SiZr. The Bertz CT molecular complexity index is 1450. The Hall–Kier alpha value is -2.04. The fraction of sp³-hybridized carbons (Fsp3) is 0.375. The Kier molecular flexibility index (Phi) is 6.46. The van der Waals surface area contributed by atoms with E-state index in [2.05, 4.69) is 63.0 Å². The van der Waals surface area contributed by atoms with Crippen molar-refractivity contribution in [1.82, 2.24) is 0 Å². The molecule has 0 atom stereocenters. The van der Waals surface area contributed by atoms with Crippen LogP contribution in [0.3, 0.4) is 0 Å². The van der Waals surface area contributed by atoms with E-state index in [0.717, 1.165) is 12.8 Å². The Balaban J connectivity index is 2.25. The van der Waals surface area contributed by atoms with Gasteiger partial charge in [-0.1, -0.05) is 0 Å². The van der Waals surface area contributed by atoms with Gasteiger partial charge in [0, 0.05) is 0 Å². The van der Waals surface area contributed by atoms with Gasteiger partial charge in [-0.25, -0.2) is 0 Å². The number of benzene rings is 2. The first kappa shape index (κ1) is 29.0. The van der Waals surface area contributed by atoms with Crippen molar-refractivity contribution >= 4 is 6.88 Å². The van der Waals surface area contributed by atoms with E-state index in [1.54, 1.807) is 24.3 Å². The van der Waals surface area contributed by atoms with E-state index in [9.17, 15) is 8.78 Å². The Morgan fingerprint density at radius 3 is 1.26 bits per heavy atom. The van der Waals surface area contributed by atoms with Gasteiger partial charge in [-0.15, -0.1) is 0 Å². The van der Waals surface area contributed by atoms with Crippen LogP contribution in [0.5, 0.6) is 11.5 Å². The van der Waals surface area contributed by atoms with Gasteiger partial charge in [-0.3, -0.25) is 0 Å². The summed E-state index contributed by atoms with van der Waals surface area (Å²) in [6.07, 6.45) is 6.03. The number of hydrogen-bond acceptors (Lipinski definition) is 2. The van der Waals surface area contributed by atoms with Crippen molar-refractivity contribution in [1.29, 1.82) is 0 Å². The van der Waals surface area contributed by atoms with Crippen LogP contribution in [0.1, 0.15) is 54.4 Å². The number of rotatable bonds is 8. The number of allylic oxidation sites excluding steroid dienone is 8. The third kappa shape index (κ3) is 4.56. The molecule has 6 heteroatoms. The maximum absolute atomic E-state index is 14.1. The summed E-state index contributed by atoms with van der Waals surface area (Å²) >= 11 is -6.41. The van der Waals surface area contributed by atoms with Gasteiger partial charge in [0.2, 0.25) is 0 Å². The van der Waals surface area contributed by atoms with E-state index in [-0.39, 0.29) is 23.5 Å². The van der Waals surface area contributed by atoms with Crippen molar-refractivity contribution in [3.63, 3.8) is 0 Å². The molecule has 0 fully saturated rings. The summed E-state index contributed by atoms with van der Waals surface area (Å²) in [6, 6.07) is 12.5. The molecule has 4 rings (SSSR count). The van der Waals surface area contributed by atoms with E-state index in [4.69, 9.17) is 5.63 Å². The average molecular weight is 616 g/mol. The summed E-state index contributed by atoms with van der Waals surface area (Å²) in [6.45, 7) is 15.1. The predicted molar refractivity (Wildman–Crippen MR) is 155 cm³/mol. The Morgan fingerprint density at radius 1 is 0.658 bits per heavy atom. The monoisotopic (exact) mass is 614 g/mol. The maximum atomic E-state index is 14.1. The Morgan fingerprint density at radius 2 is 0.974 bits per heavy atom. The van der Waals surface area contributed by atoms with Crippen molar-refractivity contribution in [2.75, 3.05) is 0 Å². The van der Waals surface area contributed by atoms with Crippen LogP contribution in [0.25, 0.3) is 0 Å². The van der Waals surface area contributed by atoms with Crippen LogP contribution >= 0.6 is 0 Å². The summed E-state index contributed by atoms with van der Waals surface area (Å²) in [4.78, 5) is 0. The minimum atomic E-state index is -6.41. The zero-order chi connectivity index (χ0) is 28.2. The van der Waals surface area contributed by atoms with Gasteiger partial charge < -0.3 is 0 Å². The predicted octanol–water partition coefficient (Wildman–Crippen LogP) is 9.18. The van der Waals surface area contributed by atoms with Crippen molar-refractivity contribution in [2.45, 2.75) is 63.6 Å². The zero-order valence-corrected chi connectivity index (χ0v) is 28.0. The van der Waals surface area contributed by atoms with Gasteiger partial charge in [0.15, 0.2) is 0 Å². The summed E-state index contributed by atoms with van der Waals surface area (Å²) in [5.74, 6) is 0.955. The third-order valence-corrected chi connectivity index (χ3v) is 35.1. The second-order valence-corrected chi connectivity index (χ2v) is 54.9. The van der Waals surface area contributed by atoms with Gasteiger partial charge in [0.25, 0.3) is 0 Å². The van der Waals surface area contributed by atoms with Crippen molar-refractivity contribution in [3.8, 4) is 11.5 Å². The average Bonchev–Trinajstić information content (AvgIpc) is 3.43. The normalized spacial score (nSPS) is 19.2. The minimum absolute atomic E-state index is 0.232. The van der Waals surface area contributed by atoms with E-state index in [0.29, 0.717) is 11.5 Å². The van der Waals surface area contributed by atoms with Crippen molar-refractivity contribution in [2.24, 2.45) is 11.8 Å². The van der Waals surface area contributed by atoms with Gasteiger partial charge >= 0.3 is 225 Å². The molecule has 2 nitrogen and oxygen atoms in total.